The van der Waals surface area contributed by atoms with Crippen LogP contribution in [-0.4, -0.2) is 36.9 Å². The predicted molar refractivity (Wildman–Crippen MR) is 117 cm³/mol. The third-order valence-electron chi connectivity index (χ3n) is 5.79. The molecule has 1 N–H and O–H groups in total. The number of ether oxygens (including phenoxy) is 1. The molecule has 0 spiro atoms. The fraction of sp³-hybridized carbons (Fsp3) is 0.280. The maximum Gasteiger partial charge on any atom is 0.254 e. The number of rotatable bonds is 5. The third kappa shape index (κ3) is 4.53. The zero-order valence-corrected chi connectivity index (χ0v) is 17.4. The van der Waals surface area contributed by atoms with Crippen LogP contribution < -0.4 is 10.1 Å². The number of fused-ring (bicyclic) bond motifs is 1. The van der Waals surface area contributed by atoms with Crippen molar-refractivity contribution in [3.63, 3.8) is 0 Å². The van der Waals surface area contributed by atoms with E-state index < -0.39 is 0 Å². The second-order valence-electron chi connectivity index (χ2n) is 7.80. The van der Waals surface area contributed by atoms with Crippen molar-refractivity contribution in [1.29, 1.82) is 0 Å². The molecule has 6 heteroatoms. The van der Waals surface area contributed by atoms with Crippen molar-refractivity contribution in [3.8, 4) is 5.75 Å². The standard InChI is InChI=1S/C25H25FN2O3/c1-31-23-13-12-22(20-6-2-3-7-21(20)23)25(30)28-14-4-5-18(16-28)24(29)27-15-17-8-10-19(26)11-9-17/h2-3,6-13,18H,4-5,14-16H2,1H3,(H,27,29)/t18-/m0/s1. The van der Waals surface area contributed by atoms with Gasteiger partial charge < -0.3 is 15.0 Å². The summed E-state index contributed by atoms with van der Waals surface area (Å²) in [6.07, 6.45) is 1.51. The first-order chi connectivity index (χ1) is 15.1. The first-order valence-electron chi connectivity index (χ1n) is 10.4. The Balaban J connectivity index is 1.46. The number of carbonyl (C=O) groups excluding carboxylic acids is 2. The van der Waals surface area contributed by atoms with Gasteiger partial charge in [0.2, 0.25) is 5.91 Å². The summed E-state index contributed by atoms with van der Waals surface area (Å²) in [4.78, 5) is 27.8. The highest BCUT2D eigenvalue weighted by Gasteiger charge is 2.29. The molecule has 1 fully saturated rings. The Morgan fingerprint density at radius 3 is 2.55 bits per heavy atom. The maximum absolute atomic E-state index is 13.3. The van der Waals surface area contributed by atoms with Crippen molar-refractivity contribution in [2.24, 2.45) is 5.92 Å². The molecule has 0 bridgehead atoms. The van der Waals surface area contributed by atoms with Gasteiger partial charge in [-0.1, -0.05) is 36.4 Å². The monoisotopic (exact) mass is 420 g/mol. The predicted octanol–water partition coefficient (Wildman–Crippen LogP) is 4.16. The zero-order valence-electron chi connectivity index (χ0n) is 17.4. The van der Waals surface area contributed by atoms with E-state index in [1.54, 1.807) is 30.2 Å². The number of hydrogen-bond donors (Lipinski definition) is 1. The molecular formula is C25H25FN2O3. The molecule has 1 saturated heterocycles. The highest BCUT2D eigenvalue weighted by atomic mass is 19.1. The van der Waals surface area contributed by atoms with Crippen LogP contribution in [0.5, 0.6) is 5.75 Å². The number of amides is 2. The molecule has 3 aromatic carbocycles. The summed E-state index contributed by atoms with van der Waals surface area (Å²) in [5.41, 5.74) is 1.45. The quantitative estimate of drug-likeness (QED) is 0.674. The summed E-state index contributed by atoms with van der Waals surface area (Å²) in [5.74, 6) is 0.00497. The number of carbonyl (C=O) groups is 2. The van der Waals surface area contributed by atoms with Gasteiger partial charge in [0.1, 0.15) is 11.6 Å². The number of methoxy groups -OCH3 is 1. The van der Waals surface area contributed by atoms with E-state index in [-0.39, 0.29) is 23.5 Å². The zero-order chi connectivity index (χ0) is 21.8. The van der Waals surface area contributed by atoms with Crippen LogP contribution in [0.25, 0.3) is 10.8 Å². The molecule has 0 unspecified atom stereocenters. The van der Waals surface area contributed by atoms with Gasteiger partial charge in [-0.3, -0.25) is 9.59 Å². The molecule has 0 aliphatic carbocycles. The van der Waals surface area contributed by atoms with Crippen LogP contribution in [0.15, 0.2) is 60.7 Å². The summed E-state index contributed by atoms with van der Waals surface area (Å²) in [5, 5.41) is 4.65. The van der Waals surface area contributed by atoms with Crippen LogP contribution in [0.2, 0.25) is 0 Å². The van der Waals surface area contributed by atoms with Gasteiger partial charge in [0.15, 0.2) is 0 Å². The normalized spacial score (nSPS) is 16.2. The summed E-state index contributed by atoms with van der Waals surface area (Å²) in [6, 6.07) is 17.3. The average Bonchev–Trinajstić information content (AvgIpc) is 2.82. The van der Waals surface area contributed by atoms with Crippen molar-refractivity contribution >= 4 is 22.6 Å². The number of nitrogens with one attached hydrogen (secondary N) is 1. The first kappa shape index (κ1) is 20.8. The van der Waals surface area contributed by atoms with Crippen LogP contribution in [0, 0.1) is 11.7 Å². The molecule has 1 heterocycles. The third-order valence-corrected chi connectivity index (χ3v) is 5.79. The Hall–Kier alpha value is -3.41. The van der Waals surface area contributed by atoms with E-state index in [4.69, 9.17) is 4.74 Å². The minimum Gasteiger partial charge on any atom is -0.496 e. The number of piperidine rings is 1. The second kappa shape index (κ2) is 9.16. The summed E-state index contributed by atoms with van der Waals surface area (Å²) in [6.45, 7) is 1.35. The highest BCUT2D eigenvalue weighted by molar-refractivity contribution is 6.08. The van der Waals surface area contributed by atoms with E-state index in [2.05, 4.69) is 5.32 Å². The van der Waals surface area contributed by atoms with E-state index in [9.17, 15) is 14.0 Å². The minimum absolute atomic E-state index is 0.0742. The number of hydrogen-bond acceptors (Lipinski definition) is 3. The molecule has 4 rings (SSSR count). The van der Waals surface area contributed by atoms with E-state index >= 15 is 0 Å². The molecule has 31 heavy (non-hydrogen) atoms. The van der Waals surface area contributed by atoms with Crippen LogP contribution in [0.1, 0.15) is 28.8 Å². The Bertz CT molecular complexity index is 1100. The van der Waals surface area contributed by atoms with E-state index in [0.717, 1.165) is 34.9 Å². The SMILES string of the molecule is COc1ccc(C(=O)N2CCC[C@H](C(=O)NCc3ccc(F)cc3)C2)c2ccccc12. The lowest BCUT2D eigenvalue weighted by Crippen LogP contribution is -2.45. The molecule has 0 radical (unpaired) electrons. The number of benzene rings is 3. The van der Waals surface area contributed by atoms with Crippen LogP contribution >= 0.6 is 0 Å². The highest BCUT2D eigenvalue weighted by Crippen LogP contribution is 2.30. The molecule has 1 atom stereocenters. The van der Waals surface area contributed by atoms with Crippen molar-refractivity contribution in [1.82, 2.24) is 10.2 Å². The van der Waals surface area contributed by atoms with Crippen LogP contribution in [0.4, 0.5) is 4.39 Å². The molecule has 1 aliphatic rings. The average molecular weight is 420 g/mol. The molecule has 5 nitrogen and oxygen atoms in total. The van der Waals surface area contributed by atoms with Crippen LogP contribution in [-0.2, 0) is 11.3 Å². The summed E-state index contributed by atoms with van der Waals surface area (Å²) < 4.78 is 18.5. The second-order valence-corrected chi connectivity index (χ2v) is 7.80. The lowest BCUT2D eigenvalue weighted by molar-refractivity contribution is -0.126. The van der Waals surface area contributed by atoms with Gasteiger partial charge in [-0.15, -0.1) is 0 Å². The van der Waals surface area contributed by atoms with Crippen molar-refractivity contribution in [2.45, 2.75) is 19.4 Å². The van der Waals surface area contributed by atoms with E-state index in [0.29, 0.717) is 25.2 Å². The van der Waals surface area contributed by atoms with Crippen molar-refractivity contribution in [3.05, 3.63) is 77.6 Å². The first-order valence-corrected chi connectivity index (χ1v) is 10.4. The Kier molecular flexibility index (Phi) is 6.16. The lowest BCUT2D eigenvalue weighted by Gasteiger charge is -2.32. The summed E-state index contributed by atoms with van der Waals surface area (Å²) >= 11 is 0. The molecular weight excluding hydrogens is 395 g/mol. The van der Waals surface area contributed by atoms with Gasteiger partial charge >= 0.3 is 0 Å². The van der Waals surface area contributed by atoms with Crippen molar-refractivity contribution in [2.75, 3.05) is 20.2 Å². The van der Waals surface area contributed by atoms with E-state index in [1.165, 1.54) is 12.1 Å². The molecule has 3 aromatic rings. The van der Waals surface area contributed by atoms with Gasteiger partial charge in [-0.25, -0.2) is 4.39 Å². The van der Waals surface area contributed by atoms with Crippen LogP contribution in [0.3, 0.4) is 0 Å². The maximum atomic E-state index is 13.3. The van der Waals surface area contributed by atoms with Gasteiger partial charge in [0.05, 0.1) is 13.0 Å². The molecule has 2 amide bonds. The molecule has 0 aromatic heterocycles. The lowest BCUT2D eigenvalue weighted by atomic mass is 9.95. The van der Waals surface area contributed by atoms with Gasteiger partial charge in [0.25, 0.3) is 5.91 Å². The summed E-state index contributed by atoms with van der Waals surface area (Å²) in [7, 11) is 1.61. The fourth-order valence-corrected chi connectivity index (χ4v) is 4.12. The molecule has 1 aliphatic heterocycles. The van der Waals surface area contributed by atoms with Gasteiger partial charge in [0, 0.05) is 30.6 Å². The Morgan fingerprint density at radius 2 is 1.81 bits per heavy atom. The fourth-order valence-electron chi connectivity index (χ4n) is 4.12. The van der Waals surface area contributed by atoms with E-state index in [1.807, 2.05) is 30.3 Å². The number of likely N-dealkylation sites (tertiary alicyclic amines) is 1. The number of halogens is 1. The largest absolute Gasteiger partial charge is 0.496 e. The Labute approximate surface area is 180 Å². The topological polar surface area (TPSA) is 58.6 Å². The molecule has 0 saturated carbocycles. The Morgan fingerprint density at radius 1 is 1.06 bits per heavy atom. The minimum atomic E-state index is -0.303. The molecule has 160 valence electrons. The number of nitrogens with zero attached hydrogens (tertiary/aromatic N) is 1. The van der Waals surface area contributed by atoms with Gasteiger partial charge in [-0.2, -0.15) is 0 Å². The smallest absolute Gasteiger partial charge is 0.254 e. The van der Waals surface area contributed by atoms with Crippen molar-refractivity contribution < 1.29 is 18.7 Å². The van der Waals surface area contributed by atoms with Gasteiger partial charge in [-0.05, 0) is 48.1 Å².